The number of rotatable bonds is 2. The molecule has 0 atom stereocenters. The minimum Gasteiger partial charge on any atom is -0.295 e. The minimum atomic E-state index is -4.64. The van der Waals surface area contributed by atoms with Gasteiger partial charge >= 0.3 is 6.18 Å². The lowest BCUT2D eigenvalue weighted by atomic mass is 10.1. The smallest absolute Gasteiger partial charge is 0.295 e. The average molecular weight is 316 g/mol. The third-order valence-corrected chi connectivity index (χ3v) is 2.70. The normalized spacial score (nSPS) is 11.3. The van der Waals surface area contributed by atoms with Crippen LogP contribution in [-0.2, 0) is 11.0 Å². The molecule has 1 aromatic heterocycles. The molecule has 2 rings (SSSR count). The molecule has 0 unspecified atom stereocenters. The summed E-state index contributed by atoms with van der Waals surface area (Å²) in [6, 6.07) is 6.94. The zero-order valence-corrected chi connectivity index (χ0v) is 11.5. The second kappa shape index (κ2) is 5.69. The topological polar surface area (TPSA) is 54.9 Å². The number of amides is 1. The highest BCUT2D eigenvalue weighted by Gasteiger charge is 2.33. The molecular formula is C13H9ClF3N3O. The summed E-state index contributed by atoms with van der Waals surface area (Å²) in [4.78, 5) is 18.2. The van der Waals surface area contributed by atoms with Crippen molar-refractivity contribution >= 4 is 23.5 Å². The van der Waals surface area contributed by atoms with Gasteiger partial charge in [0, 0.05) is 17.5 Å². The van der Waals surface area contributed by atoms with Crippen molar-refractivity contribution in [3.8, 4) is 11.3 Å². The van der Waals surface area contributed by atoms with Crippen molar-refractivity contribution in [2.24, 2.45) is 0 Å². The van der Waals surface area contributed by atoms with E-state index in [1.165, 1.54) is 24.3 Å². The Balaban J connectivity index is 2.54. The summed E-state index contributed by atoms with van der Waals surface area (Å²) in [7, 11) is 0. The molecule has 1 N–H and O–H groups in total. The van der Waals surface area contributed by atoms with Gasteiger partial charge in [-0.25, -0.2) is 9.97 Å². The van der Waals surface area contributed by atoms with Crippen LogP contribution in [0.3, 0.4) is 0 Å². The van der Waals surface area contributed by atoms with Crippen molar-refractivity contribution in [1.29, 1.82) is 0 Å². The molecule has 0 aliphatic carbocycles. The third-order valence-electron chi connectivity index (χ3n) is 2.44. The van der Waals surface area contributed by atoms with Crippen LogP contribution in [0.1, 0.15) is 12.6 Å². The molecule has 8 heteroatoms. The van der Waals surface area contributed by atoms with E-state index in [0.29, 0.717) is 10.6 Å². The van der Waals surface area contributed by atoms with Crippen molar-refractivity contribution in [3.05, 3.63) is 41.0 Å². The Kier molecular flexibility index (Phi) is 4.13. The van der Waals surface area contributed by atoms with Gasteiger partial charge in [-0.05, 0) is 18.2 Å². The molecule has 0 saturated heterocycles. The summed E-state index contributed by atoms with van der Waals surface area (Å²) in [6.45, 7) is 1.16. The molecule has 1 amide bonds. The highest BCUT2D eigenvalue weighted by Crippen LogP contribution is 2.31. The Morgan fingerprint density at radius 1 is 1.19 bits per heavy atom. The molecule has 0 spiro atoms. The zero-order chi connectivity index (χ0) is 15.6. The number of carbonyl (C=O) groups excluding carboxylic acids is 1. The summed E-state index contributed by atoms with van der Waals surface area (Å²) >= 11 is 5.73. The number of hydrogen-bond donors (Lipinski definition) is 1. The van der Waals surface area contributed by atoms with E-state index in [0.717, 1.165) is 13.0 Å². The fourth-order valence-electron chi connectivity index (χ4n) is 1.57. The summed E-state index contributed by atoms with van der Waals surface area (Å²) in [6.07, 6.45) is -4.64. The van der Waals surface area contributed by atoms with Gasteiger partial charge in [-0.1, -0.05) is 23.7 Å². The van der Waals surface area contributed by atoms with Gasteiger partial charge in [0.25, 0.3) is 0 Å². The number of benzene rings is 1. The molecule has 110 valence electrons. The number of nitrogens with zero attached hydrogens (tertiary/aromatic N) is 2. The number of nitrogens with one attached hydrogen (secondary N) is 1. The van der Waals surface area contributed by atoms with Gasteiger partial charge in [0.1, 0.15) is 0 Å². The minimum absolute atomic E-state index is 0.0396. The first-order chi connectivity index (χ1) is 9.75. The van der Waals surface area contributed by atoms with E-state index in [4.69, 9.17) is 11.6 Å². The molecule has 21 heavy (non-hydrogen) atoms. The first-order valence-electron chi connectivity index (χ1n) is 5.75. The molecule has 2 aromatic rings. The standard InChI is InChI=1S/C13H9ClF3N3O/c1-7(21)18-12-19-10(6-11(20-12)13(15,16)17)8-2-4-9(14)5-3-8/h2-6H,1H3,(H,18,19,20,21). The maximum absolute atomic E-state index is 12.8. The number of carbonyl (C=O) groups is 1. The number of alkyl halides is 3. The van der Waals surface area contributed by atoms with Crippen LogP contribution in [0.5, 0.6) is 0 Å². The first kappa shape index (κ1) is 15.2. The molecule has 0 bridgehead atoms. The third kappa shape index (κ3) is 3.91. The van der Waals surface area contributed by atoms with Crippen LogP contribution in [0.15, 0.2) is 30.3 Å². The summed E-state index contributed by atoms with van der Waals surface area (Å²) < 4.78 is 38.5. The molecule has 0 aliphatic rings. The number of aromatic nitrogens is 2. The van der Waals surface area contributed by atoms with Crippen LogP contribution in [0.2, 0.25) is 5.02 Å². The Labute approximate surface area is 123 Å². The Morgan fingerprint density at radius 2 is 1.81 bits per heavy atom. The molecule has 1 heterocycles. The van der Waals surface area contributed by atoms with Crippen molar-refractivity contribution < 1.29 is 18.0 Å². The van der Waals surface area contributed by atoms with Crippen molar-refractivity contribution in [1.82, 2.24) is 9.97 Å². The molecule has 0 radical (unpaired) electrons. The molecule has 0 fully saturated rings. The van der Waals surface area contributed by atoms with Crippen molar-refractivity contribution in [2.45, 2.75) is 13.1 Å². The second-order valence-corrected chi connectivity index (χ2v) is 4.58. The van der Waals surface area contributed by atoms with Gasteiger partial charge < -0.3 is 0 Å². The molecule has 0 saturated carbocycles. The van der Waals surface area contributed by atoms with E-state index in [1.54, 1.807) is 0 Å². The van der Waals surface area contributed by atoms with Crippen LogP contribution in [-0.4, -0.2) is 15.9 Å². The van der Waals surface area contributed by atoms with Gasteiger partial charge in [0.2, 0.25) is 11.9 Å². The first-order valence-corrected chi connectivity index (χ1v) is 6.13. The molecule has 0 aliphatic heterocycles. The molecule has 4 nitrogen and oxygen atoms in total. The monoisotopic (exact) mass is 315 g/mol. The lowest BCUT2D eigenvalue weighted by Gasteiger charge is -2.10. The highest BCUT2D eigenvalue weighted by molar-refractivity contribution is 6.30. The van der Waals surface area contributed by atoms with E-state index in [2.05, 4.69) is 15.3 Å². The van der Waals surface area contributed by atoms with Gasteiger partial charge in [-0.3, -0.25) is 10.1 Å². The van der Waals surface area contributed by atoms with E-state index >= 15 is 0 Å². The van der Waals surface area contributed by atoms with Gasteiger partial charge in [0.15, 0.2) is 5.69 Å². The Morgan fingerprint density at radius 3 is 2.33 bits per heavy atom. The van der Waals surface area contributed by atoms with Crippen LogP contribution >= 0.6 is 11.6 Å². The summed E-state index contributed by atoms with van der Waals surface area (Å²) in [5.41, 5.74) is -0.664. The van der Waals surface area contributed by atoms with Gasteiger partial charge in [0.05, 0.1) is 5.69 Å². The predicted molar refractivity (Wildman–Crippen MR) is 71.8 cm³/mol. The Bertz CT molecular complexity index is 671. The molecule has 1 aromatic carbocycles. The SMILES string of the molecule is CC(=O)Nc1nc(-c2ccc(Cl)cc2)cc(C(F)(F)F)n1. The fourth-order valence-corrected chi connectivity index (χ4v) is 1.70. The van der Waals surface area contributed by atoms with Crippen molar-refractivity contribution in [3.63, 3.8) is 0 Å². The van der Waals surface area contributed by atoms with E-state index in [1.807, 2.05) is 0 Å². The van der Waals surface area contributed by atoms with E-state index in [9.17, 15) is 18.0 Å². The highest BCUT2D eigenvalue weighted by atomic mass is 35.5. The summed E-state index contributed by atoms with van der Waals surface area (Å²) in [5, 5.41) is 2.60. The zero-order valence-electron chi connectivity index (χ0n) is 10.7. The largest absolute Gasteiger partial charge is 0.433 e. The van der Waals surface area contributed by atoms with Crippen LogP contribution < -0.4 is 5.32 Å². The fraction of sp³-hybridized carbons (Fsp3) is 0.154. The predicted octanol–water partition coefficient (Wildman–Crippen LogP) is 3.77. The van der Waals surface area contributed by atoms with Crippen LogP contribution in [0, 0.1) is 0 Å². The maximum Gasteiger partial charge on any atom is 0.433 e. The Hall–Kier alpha value is -2.15. The summed E-state index contributed by atoms with van der Waals surface area (Å²) in [5.74, 6) is -0.960. The lowest BCUT2D eigenvalue weighted by Crippen LogP contribution is -2.15. The van der Waals surface area contributed by atoms with Gasteiger partial charge in [-0.15, -0.1) is 0 Å². The quantitative estimate of drug-likeness (QED) is 0.917. The lowest BCUT2D eigenvalue weighted by molar-refractivity contribution is -0.141. The number of anilines is 1. The van der Waals surface area contributed by atoms with Crippen LogP contribution in [0.4, 0.5) is 19.1 Å². The van der Waals surface area contributed by atoms with Gasteiger partial charge in [-0.2, -0.15) is 13.2 Å². The van der Waals surface area contributed by atoms with E-state index < -0.39 is 23.7 Å². The van der Waals surface area contributed by atoms with Crippen molar-refractivity contribution in [2.75, 3.05) is 5.32 Å². The number of halogens is 4. The average Bonchev–Trinajstić information content (AvgIpc) is 2.37. The maximum atomic E-state index is 12.8. The van der Waals surface area contributed by atoms with E-state index in [-0.39, 0.29) is 5.69 Å². The second-order valence-electron chi connectivity index (χ2n) is 4.15. The van der Waals surface area contributed by atoms with Crippen LogP contribution in [0.25, 0.3) is 11.3 Å². The molecular weight excluding hydrogens is 307 g/mol. The number of hydrogen-bond acceptors (Lipinski definition) is 3.